The van der Waals surface area contributed by atoms with Crippen LogP contribution in [-0.4, -0.2) is 84.3 Å². The van der Waals surface area contributed by atoms with Gasteiger partial charge in [-0.05, 0) is 81.9 Å². The number of nitrogens with zero attached hydrogens (tertiary/aromatic N) is 3. The van der Waals surface area contributed by atoms with E-state index in [2.05, 4.69) is 77.1 Å². The summed E-state index contributed by atoms with van der Waals surface area (Å²) in [4.78, 5) is 46.2. The van der Waals surface area contributed by atoms with Crippen molar-refractivity contribution < 1.29 is 37.4 Å². The van der Waals surface area contributed by atoms with Gasteiger partial charge in [-0.15, -0.1) is 0 Å². The number of rotatable bonds is 10. The second-order valence-corrected chi connectivity index (χ2v) is 11.2. The number of nitrogens with one attached hydrogen (secondary N) is 2. The summed E-state index contributed by atoms with van der Waals surface area (Å²) < 4.78 is 37.2. The van der Waals surface area contributed by atoms with Gasteiger partial charge in [0.15, 0.2) is 0 Å². The smallest absolute Gasteiger partial charge is 0.475 e. The van der Waals surface area contributed by atoms with Crippen molar-refractivity contribution in [3.05, 3.63) is 78.5 Å². The summed E-state index contributed by atoms with van der Waals surface area (Å²) >= 11 is 0. The Hall–Kier alpha value is -5.17. The third kappa shape index (κ3) is 9.66. The summed E-state index contributed by atoms with van der Waals surface area (Å²) in [6, 6.07) is 16.1. The zero-order valence-electron chi connectivity index (χ0n) is 27.0. The van der Waals surface area contributed by atoms with Crippen LogP contribution in [0.5, 0.6) is 0 Å². The zero-order valence-corrected chi connectivity index (χ0v) is 27.0. The fraction of sp³-hybridized carbons (Fsp3) is 0.294. The fourth-order valence-corrected chi connectivity index (χ4v) is 4.44. The summed E-state index contributed by atoms with van der Waals surface area (Å²) in [7, 11) is 6.21. The number of esters is 1. The topological polar surface area (TPSA) is 128 Å². The van der Waals surface area contributed by atoms with Gasteiger partial charge in [0.1, 0.15) is 5.65 Å². The van der Waals surface area contributed by atoms with E-state index in [0.29, 0.717) is 16.9 Å². The number of carbonyl (C=O) groups excluding carboxylic acids is 2. The maximum atomic E-state index is 12.7. The highest BCUT2D eigenvalue weighted by atomic mass is 19.4. The van der Waals surface area contributed by atoms with Crippen molar-refractivity contribution in [2.45, 2.75) is 33.1 Å². The Kier molecular flexibility index (Phi) is 11.9. The third-order valence-corrected chi connectivity index (χ3v) is 6.92. The first-order valence-electron chi connectivity index (χ1n) is 14.5. The molecular formula is C34H38F3N5O5. The van der Waals surface area contributed by atoms with Crippen molar-refractivity contribution in [1.29, 1.82) is 0 Å². The molecule has 10 nitrogen and oxygen atoms in total. The lowest BCUT2D eigenvalue weighted by Crippen LogP contribution is -2.28. The number of alkyl halides is 3. The first-order chi connectivity index (χ1) is 22.0. The van der Waals surface area contributed by atoms with Crippen LogP contribution in [0.15, 0.2) is 67.4 Å². The number of aryl methyl sites for hydroxylation is 1. The quantitative estimate of drug-likeness (QED) is 0.130. The van der Waals surface area contributed by atoms with E-state index < -0.39 is 18.1 Å². The number of fused-ring (bicyclic) bond motifs is 1. The maximum Gasteiger partial charge on any atom is 0.490 e. The molecule has 0 atom stereocenters. The largest absolute Gasteiger partial charge is 0.490 e. The lowest BCUT2D eigenvalue weighted by Gasteiger charge is -2.21. The molecule has 0 fully saturated rings. The molecule has 0 saturated carbocycles. The first-order valence-corrected chi connectivity index (χ1v) is 14.5. The lowest BCUT2D eigenvalue weighted by atomic mass is 9.96. The van der Waals surface area contributed by atoms with E-state index in [1.54, 1.807) is 0 Å². The molecule has 0 aliphatic heterocycles. The van der Waals surface area contributed by atoms with Crippen LogP contribution in [0.2, 0.25) is 0 Å². The number of aromatic amines is 1. The number of carbonyl (C=O) groups is 3. The monoisotopic (exact) mass is 653 g/mol. The Morgan fingerprint density at radius 2 is 1.66 bits per heavy atom. The minimum atomic E-state index is -5.08. The minimum absolute atomic E-state index is 0.244. The highest BCUT2D eigenvalue weighted by Crippen LogP contribution is 2.40. The van der Waals surface area contributed by atoms with Crippen LogP contribution in [0.4, 0.5) is 24.5 Å². The summed E-state index contributed by atoms with van der Waals surface area (Å²) in [5, 5.41) is 10.8. The number of hydrogen-bond acceptors (Lipinski definition) is 7. The molecule has 0 aliphatic carbocycles. The molecule has 250 valence electrons. The lowest BCUT2D eigenvalue weighted by molar-refractivity contribution is -0.192. The highest BCUT2D eigenvalue weighted by Gasteiger charge is 2.38. The SMILES string of the molecule is C=CC(=O)Nc1cc(-c2c(-c3ccc(N(C)CCN(C)C)cc3)[nH]c3ncc(C(=O)OC(C)C)cc23)ccc1C.O=C(O)C(F)(F)F. The first kappa shape index (κ1) is 36.3. The van der Waals surface area contributed by atoms with Gasteiger partial charge in [0.2, 0.25) is 5.91 Å². The van der Waals surface area contributed by atoms with Crippen LogP contribution in [0.25, 0.3) is 33.4 Å². The zero-order chi connectivity index (χ0) is 35.1. The minimum Gasteiger partial charge on any atom is -0.475 e. The Bertz CT molecular complexity index is 1750. The van der Waals surface area contributed by atoms with Crippen LogP contribution in [-0.2, 0) is 14.3 Å². The van der Waals surface area contributed by atoms with Gasteiger partial charge >= 0.3 is 18.1 Å². The second-order valence-electron chi connectivity index (χ2n) is 11.2. The molecule has 0 aliphatic rings. The van der Waals surface area contributed by atoms with Crippen LogP contribution < -0.4 is 10.2 Å². The summed E-state index contributed by atoms with van der Waals surface area (Å²) in [5.41, 5.74) is 7.33. The molecule has 2 aromatic carbocycles. The number of likely N-dealkylation sites (N-methyl/N-ethyl adjacent to an activating group) is 2. The molecule has 3 N–H and O–H groups in total. The van der Waals surface area contributed by atoms with Gasteiger partial charge in [-0.3, -0.25) is 4.79 Å². The van der Waals surface area contributed by atoms with Crippen LogP contribution in [0.1, 0.15) is 29.8 Å². The van der Waals surface area contributed by atoms with Crippen molar-refractivity contribution in [1.82, 2.24) is 14.9 Å². The number of benzene rings is 2. The molecule has 0 unspecified atom stereocenters. The van der Waals surface area contributed by atoms with Crippen molar-refractivity contribution in [3.8, 4) is 22.4 Å². The number of carboxylic acids is 1. The third-order valence-electron chi connectivity index (χ3n) is 6.92. The molecule has 13 heteroatoms. The second kappa shape index (κ2) is 15.4. The number of ether oxygens (including phenoxy) is 1. The van der Waals surface area contributed by atoms with Crippen molar-refractivity contribution in [3.63, 3.8) is 0 Å². The number of H-pyrrole nitrogens is 1. The van der Waals surface area contributed by atoms with Crippen molar-refractivity contribution in [2.24, 2.45) is 0 Å². The molecule has 0 bridgehead atoms. The van der Waals surface area contributed by atoms with Gasteiger partial charge in [-0.1, -0.05) is 30.8 Å². The van der Waals surface area contributed by atoms with Gasteiger partial charge in [0, 0.05) is 48.7 Å². The summed E-state index contributed by atoms with van der Waals surface area (Å²) in [6.45, 7) is 11.0. The predicted molar refractivity (Wildman–Crippen MR) is 177 cm³/mol. The number of hydrogen-bond donors (Lipinski definition) is 3. The van der Waals surface area contributed by atoms with Gasteiger partial charge in [-0.25, -0.2) is 14.6 Å². The van der Waals surface area contributed by atoms with Crippen LogP contribution >= 0.6 is 0 Å². The van der Waals surface area contributed by atoms with Crippen molar-refractivity contribution in [2.75, 3.05) is 44.4 Å². The molecule has 0 radical (unpaired) electrons. The highest BCUT2D eigenvalue weighted by molar-refractivity contribution is 6.06. The van der Waals surface area contributed by atoms with Crippen molar-refractivity contribution >= 4 is 40.3 Å². The Morgan fingerprint density at radius 1 is 1.04 bits per heavy atom. The van der Waals surface area contributed by atoms with Crippen LogP contribution in [0.3, 0.4) is 0 Å². The number of pyridine rings is 1. The number of carboxylic acid groups (broad SMARTS) is 1. The molecule has 47 heavy (non-hydrogen) atoms. The Labute approximate surface area is 270 Å². The maximum absolute atomic E-state index is 12.7. The molecule has 0 spiro atoms. The van der Waals surface area contributed by atoms with E-state index in [1.807, 2.05) is 45.0 Å². The number of amides is 1. The number of aromatic nitrogens is 2. The van der Waals surface area contributed by atoms with E-state index in [-0.39, 0.29) is 12.0 Å². The Morgan fingerprint density at radius 3 is 2.21 bits per heavy atom. The van der Waals surface area contributed by atoms with Gasteiger partial charge in [-0.2, -0.15) is 13.2 Å². The number of anilines is 2. The number of aliphatic carboxylic acids is 1. The molecule has 2 heterocycles. The van der Waals surface area contributed by atoms with E-state index >= 15 is 0 Å². The molecule has 4 aromatic rings. The normalized spacial score (nSPS) is 11.2. The van der Waals surface area contributed by atoms with E-state index in [4.69, 9.17) is 14.6 Å². The van der Waals surface area contributed by atoms with Gasteiger partial charge in [0.05, 0.1) is 17.4 Å². The molecule has 1 amide bonds. The number of halogens is 3. The molecular weight excluding hydrogens is 615 g/mol. The summed E-state index contributed by atoms with van der Waals surface area (Å²) in [5.74, 6) is -3.47. The molecule has 4 rings (SSSR count). The Balaban J connectivity index is 0.000000771. The van der Waals surface area contributed by atoms with E-state index in [0.717, 1.165) is 52.1 Å². The summed E-state index contributed by atoms with van der Waals surface area (Å²) in [6.07, 6.45) is -2.55. The standard InChI is InChI=1S/C32H37N5O3.C2HF3O2/c1-8-28(38)34-27-18-23(10-9-21(27)4)29-26-17-24(32(39)40-20(2)3)19-33-31(26)35-30(29)22-11-13-25(14-12-22)37(7)16-15-36(5)6;3-2(4,5)1(6)7/h8-14,17-20H,1,15-16H2,2-7H3,(H,33,35)(H,34,38);(H,6,7). The van der Waals surface area contributed by atoms with E-state index in [1.165, 1.54) is 12.3 Å². The van der Waals surface area contributed by atoms with Gasteiger partial charge in [0.25, 0.3) is 0 Å². The van der Waals surface area contributed by atoms with Gasteiger partial charge < -0.3 is 29.9 Å². The molecule has 2 aromatic heterocycles. The molecule has 0 saturated heterocycles. The fourth-order valence-electron chi connectivity index (χ4n) is 4.44. The van der Waals surface area contributed by atoms with E-state index in [9.17, 15) is 22.8 Å². The van der Waals surface area contributed by atoms with Crippen LogP contribution in [0, 0.1) is 6.92 Å². The average Bonchev–Trinajstić information content (AvgIpc) is 3.39. The predicted octanol–water partition coefficient (Wildman–Crippen LogP) is 6.53. The average molecular weight is 654 g/mol.